The van der Waals surface area contributed by atoms with Gasteiger partial charge in [-0.05, 0) is 74.0 Å². The van der Waals surface area contributed by atoms with Crippen LogP contribution in [0.25, 0.3) is 16.9 Å². The van der Waals surface area contributed by atoms with E-state index in [4.69, 9.17) is 0 Å². The normalized spacial score (nSPS) is 18.5. The van der Waals surface area contributed by atoms with E-state index in [9.17, 15) is 9.90 Å². The molecule has 2 aliphatic carbocycles. The van der Waals surface area contributed by atoms with Crippen LogP contribution < -0.4 is 16.2 Å². The van der Waals surface area contributed by atoms with Crippen molar-refractivity contribution in [3.63, 3.8) is 0 Å². The summed E-state index contributed by atoms with van der Waals surface area (Å²) in [5, 5.41) is 17.5. The Labute approximate surface area is 199 Å². The Morgan fingerprint density at radius 1 is 1.14 bits per heavy atom. The summed E-state index contributed by atoms with van der Waals surface area (Å²) in [6.07, 6.45) is 5.25. The van der Waals surface area contributed by atoms with Crippen molar-refractivity contribution < 1.29 is 9.50 Å². The monoisotopic (exact) mass is 473 g/mol. The van der Waals surface area contributed by atoms with Crippen LogP contribution in [-0.4, -0.2) is 36.0 Å². The highest BCUT2D eigenvalue weighted by atomic mass is 19.1. The van der Waals surface area contributed by atoms with Crippen molar-refractivity contribution in [2.75, 3.05) is 11.9 Å². The molecule has 0 amide bonds. The van der Waals surface area contributed by atoms with Gasteiger partial charge in [0.1, 0.15) is 11.0 Å². The van der Waals surface area contributed by atoms with Crippen molar-refractivity contribution in [3.05, 3.63) is 69.5 Å². The standard InChI is InChI=1S/C25H24FN7O2/c26-19-5-6-20(25(35)8-9-25)30-22(19)33-21-18(23(34)32(33)17-3-4-17)13-28-24(31-21)29-16-2-1-15-12-27-10-7-14(15)11-16/h1-2,5-6,11,13,17,27,35H,3-4,7-10,12H2,(H,28,29,31). The molecule has 0 spiro atoms. The van der Waals surface area contributed by atoms with Gasteiger partial charge in [0.05, 0.1) is 11.7 Å². The van der Waals surface area contributed by atoms with Crippen molar-refractivity contribution in [2.24, 2.45) is 0 Å². The second-order valence-electron chi connectivity index (χ2n) is 9.69. The fourth-order valence-electron chi connectivity index (χ4n) is 4.81. The number of aliphatic hydroxyl groups is 1. The van der Waals surface area contributed by atoms with Gasteiger partial charge in [-0.3, -0.25) is 4.79 Å². The zero-order valence-electron chi connectivity index (χ0n) is 19.0. The number of nitrogens with zero attached hydrogens (tertiary/aromatic N) is 5. The summed E-state index contributed by atoms with van der Waals surface area (Å²) in [5.74, 6) is -0.307. The predicted octanol–water partition coefficient (Wildman–Crippen LogP) is 2.82. The summed E-state index contributed by atoms with van der Waals surface area (Å²) in [7, 11) is 0. The molecule has 1 aliphatic heterocycles. The van der Waals surface area contributed by atoms with Crippen molar-refractivity contribution in [1.29, 1.82) is 0 Å². The number of hydrogen-bond acceptors (Lipinski definition) is 7. The number of hydrogen-bond donors (Lipinski definition) is 3. The zero-order chi connectivity index (χ0) is 23.7. The quantitative estimate of drug-likeness (QED) is 0.409. The van der Waals surface area contributed by atoms with Crippen LogP contribution in [0.5, 0.6) is 0 Å². The summed E-state index contributed by atoms with van der Waals surface area (Å²) >= 11 is 0. The lowest BCUT2D eigenvalue weighted by Gasteiger charge is -2.18. The first-order valence-electron chi connectivity index (χ1n) is 12.0. The van der Waals surface area contributed by atoms with Crippen molar-refractivity contribution in [3.8, 4) is 5.82 Å². The lowest BCUT2D eigenvalue weighted by Crippen LogP contribution is -2.23. The number of pyridine rings is 1. The lowest BCUT2D eigenvalue weighted by molar-refractivity contribution is 0.146. The molecule has 0 radical (unpaired) electrons. The fourth-order valence-corrected chi connectivity index (χ4v) is 4.81. The highest BCUT2D eigenvalue weighted by Gasteiger charge is 2.44. The minimum absolute atomic E-state index is 0.0345. The third kappa shape index (κ3) is 3.43. The first-order chi connectivity index (χ1) is 17.0. The Hall–Kier alpha value is -3.63. The Morgan fingerprint density at radius 2 is 2.00 bits per heavy atom. The van der Waals surface area contributed by atoms with E-state index in [0.29, 0.717) is 29.9 Å². The van der Waals surface area contributed by atoms with Gasteiger partial charge in [0.25, 0.3) is 5.56 Å². The number of rotatable bonds is 5. The minimum Gasteiger partial charge on any atom is -0.384 e. The second kappa shape index (κ2) is 7.43. The van der Waals surface area contributed by atoms with E-state index in [1.165, 1.54) is 38.8 Å². The molecule has 0 saturated heterocycles. The largest absolute Gasteiger partial charge is 0.384 e. The van der Waals surface area contributed by atoms with Gasteiger partial charge in [-0.1, -0.05) is 6.07 Å². The maximum absolute atomic E-state index is 15.1. The smallest absolute Gasteiger partial charge is 0.278 e. The highest BCUT2D eigenvalue weighted by molar-refractivity contribution is 5.77. The van der Waals surface area contributed by atoms with Crippen LogP contribution in [0.4, 0.5) is 16.0 Å². The molecule has 2 saturated carbocycles. The number of benzene rings is 1. The molecule has 0 bridgehead atoms. The van der Waals surface area contributed by atoms with E-state index in [0.717, 1.165) is 38.0 Å². The maximum Gasteiger partial charge on any atom is 0.278 e. The first kappa shape index (κ1) is 20.7. The summed E-state index contributed by atoms with van der Waals surface area (Å²) in [5.41, 5.74) is 2.78. The molecule has 10 heteroatoms. The van der Waals surface area contributed by atoms with E-state index in [-0.39, 0.29) is 23.1 Å². The molecule has 1 aromatic carbocycles. The molecule has 3 N–H and O–H groups in total. The van der Waals surface area contributed by atoms with E-state index < -0.39 is 11.4 Å². The van der Waals surface area contributed by atoms with Crippen LogP contribution >= 0.6 is 0 Å². The topological polar surface area (TPSA) is 110 Å². The zero-order valence-corrected chi connectivity index (χ0v) is 19.0. The molecule has 4 heterocycles. The Bertz CT molecular complexity index is 1550. The molecular formula is C25H24FN7O2. The van der Waals surface area contributed by atoms with E-state index in [1.54, 1.807) is 0 Å². The van der Waals surface area contributed by atoms with Gasteiger partial charge in [-0.15, -0.1) is 0 Å². The molecule has 0 unspecified atom stereocenters. The molecule has 2 fully saturated rings. The fraction of sp³-hybridized carbons (Fsp3) is 0.360. The highest BCUT2D eigenvalue weighted by Crippen LogP contribution is 2.45. The average molecular weight is 474 g/mol. The minimum atomic E-state index is -1.03. The number of fused-ring (bicyclic) bond motifs is 2. The van der Waals surface area contributed by atoms with E-state index in [2.05, 4.69) is 37.7 Å². The molecule has 9 nitrogen and oxygen atoms in total. The van der Waals surface area contributed by atoms with E-state index in [1.807, 2.05) is 6.07 Å². The van der Waals surface area contributed by atoms with Gasteiger partial charge >= 0.3 is 0 Å². The van der Waals surface area contributed by atoms with Crippen molar-refractivity contribution in [2.45, 2.75) is 50.3 Å². The van der Waals surface area contributed by atoms with Crippen LogP contribution in [0.2, 0.25) is 0 Å². The summed E-state index contributed by atoms with van der Waals surface area (Å²) in [6, 6.07) is 8.90. The molecular weight excluding hydrogens is 449 g/mol. The SMILES string of the molecule is O=c1c2cnc(Nc3ccc4c(c3)CCNC4)nc2n(-c2nc(C3(O)CC3)ccc2F)n1C1CC1. The molecule has 178 valence electrons. The number of halogens is 1. The van der Waals surface area contributed by atoms with Crippen LogP contribution in [-0.2, 0) is 18.6 Å². The van der Waals surface area contributed by atoms with E-state index >= 15 is 4.39 Å². The molecule has 3 aromatic heterocycles. The van der Waals surface area contributed by atoms with Crippen LogP contribution in [0.1, 0.15) is 48.5 Å². The Balaban J connectivity index is 1.36. The average Bonchev–Trinajstić information content (AvgIpc) is 3.80. The summed E-state index contributed by atoms with van der Waals surface area (Å²) in [4.78, 5) is 26.8. The number of nitrogens with one attached hydrogen (secondary N) is 2. The van der Waals surface area contributed by atoms with Crippen molar-refractivity contribution >= 4 is 22.7 Å². The second-order valence-corrected chi connectivity index (χ2v) is 9.69. The van der Waals surface area contributed by atoms with Crippen LogP contribution in [0, 0.1) is 5.82 Å². The summed E-state index contributed by atoms with van der Waals surface area (Å²) in [6.45, 7) is 1.79. The van der Waals surface area contributed by atoms with Gasteiger partial charge in [0, 0.05) is 18.4 Å². The Kier molecular flexibility index (Phi) is 4.40. The molecule has 4 aromatic rings. The molecule has 0 atom stereocenters. The molecule has 3 aliphatic rings. The third-order valence-electron chi connectivity index (χ3n) is 7.09. The predicted molar refractivity (Wildman–Crippen MR) is 127 cm³/mol. The molecule has 35 heavy (non-hydrogen) atoms. The number of anilines is 2. The summed E-state index contributed by atoms with van der Waals surface area (Å²) < 4.78 is 18.1. The van der Waals surface area contributed by atoms with Crippen LogP contribution in [0.3, 0.4) is 0 Å². The molecule has 7 rings (SSSR count). The van der Waals surface area contributed by atoms with Gasteiger partial charge in [-0.25, -0.2) is 23.7 Å². The van der Waals surface area contributed by atoms with Gasteiger partial charge < -0.3 is 15.7 Å². The van der Waals surface area contributed by atoms with Gasteiger partial charge in [0.15, 0.2) is 17.3 Å². The van der Waals surface area contributed by atoms with Crippen LogP contribution in [0.15, 0.2) is 41.3 Å². The van der Waals surface area contributed by atoms with Gasteiger partial charge in [-0.2, -0.15) is 4.98 Å². The number of aromatic nitrogens is 5. The third-order valence-corrected chi connectivity index (χ3v) is 7.09. The maximum atomic E-state index is 15.1. The van der Waals surface area contributed by atoms with Crippen molar-refractivity contribution in [1.82, 2.24) is 29.6 Å². The van der Waals surface area contributed by atoms with Gasteiger partial charge in [0.2, 0.25) is 5.95 Å². The lowest BCUT2D eigenvalue weighted by atomic mass is 10.0. The first-order valence-corrected chi connectivity index (χ1v) is 12.0. The Morgan fingerprint density at radius 3 is 2.80 bits per heavy atom.